The summed E-state index contributed by atoms with van der Waals surface area (Å²) in [4.78, 5) is 16.3. The molecule has 0 saturated carbocycles. The number of sulfonamides is 1. The molecule has 3 heterocycles. The Labute approximate surface area is 161 Å². The lowest BCUT2D eigenvalue weighted by Gasteiger charge is -2.38. The van der Waals surface area contributed by atoms with Crippen molar-refractivity contribution < 1.29 is 8.42 Å². The van der Waals surface area contributed by atoms with E-state index < -0.39 is 10.0 Å². The van der Waals surface area contributed by atoms with E-state index in [4.69, 9.17) is 5.26 Å². The normalized spacial score (nSPS) is 15.0. The first-order valence-electron chi connectivity index (χ1n) is 8.49. The smallest absolute Gasteiger partial charge is 0.267 e. The van der Waals surface area contributed by atoms with Crippen molar-refractivity contribution in [2.45, 2.75) is 10.9 Å². The van der Waals surface area contributed by atoms with Crippen molar-refractivity contribution in [3.8, 4) is 17.3 Å². The van der Waals surface area contributed by atoms with Crippen molar-refractivity contribution in [3.63, 3.8) is 0 Å². The van der Waals surface area contributed by atoms with Crippen molar-refractivity contribution in [1.82, 2.24) is 19.1 Å². The van der Waals surface area contributed by atoms with Crippen LogP contribution in [-0.4, -0.2) is 40.6 Å². The van der Waals surface area contributed by atoms with Crippen LogP contribution < -0.4 is 5.56 Å². The summed E-state index contributed by atoms with van der Waals surface area (Å²) in [6.45, 7) is 0.323. The maximum atomic E-state index is 12.7. The first-order valence-corrected chi connectivity index (χ1v) is 9.93. The van der Waals surface area contributed by atoms with E-state index in [9.17, 15) is 13.2 Å². The number of nitriles is 1. The fourth-order valence-electron chi connectivity index (χ4n) is 2.98. The Balaban J connectivity index is 1.55. The van der Waals surface area contributed by atoms with Gasteiger partial charge in [-0.15, -0.1) is 0 Å². The number of benzene rings is 1. The Morgan fingerprint density at radius 2 is 1.68 bits per heavy atom. The van der Waals surface area contributed by atoms with Crippen molar-refractivity contribution in [1.29, 1.82) is 5.26 Å². The fraction of sp³-hybridized carbons (Fsp3) is 0.158. The van der Waals surface area contributed by atoms with Gasteiger partial charge in [0.05, 0.1) is 28.3 Å². The van der Waals surface area contributed by atoms with Crippen LogP contribution in [-0.2, 0) is 10.0 Å². The zero-order valence-corrected chi connectivity index (χ0v) is 15.5. The molecule has 2 aromatic heterocycles. The summed E-state index contributed by atoms with van der Waals surface area (Å²) in [6.07, 6.45) is 3.28. The monoisotopic (exact) mass is 393 g/mol. The lowest BCUT2D eigenvalue weighted by molar-refractivity contribution is 0.186. The molecule has 0 bridgehead atoms. The number of aromatic nitrogens is 3. The quantitative estimate of drug-likeness (QED) is 0.663. The number of pyridine rings is 1. The van der Waals surface area contributed by atoms with Gasteiger partial charge in [0.2, 0.25) is 10.0 Å². The van der Waals surface area contributed by atoms with E-state index >= 15 is 0 Å². The van der Waals surface area contributed by atoms with Gasteiger partial charge >= 0.3 is 0 Å². The van der Waals surface area contributed by atoms with Gasteiger partial charge in [-0.05, 0) is 42.5 Å². The van der Waals surface area contributed by atoms with Crippen LogP contribution in [0.5, 0.6) is 0 Å². The molecule has 140 valence electrons. The van der Waals surface area contributed by atoms with Gasteiger partial charge in [-0.25, -0.2) is 13.1 Å². The molecule has 1 aliphatic heterocycles. The summed E-state index contributed by atoms with van der Waals surface area (Å²) >= 11 is 0. The van der Waals surface area contributed by atoms with Crippen LogP contribution in [0.1, 0.15) is 11.6 Å². The third-order valence-electron chi connectivity index (χ3n) is 4.60. The van der Waals surface area contributed by atoms with Gasteiger partial charge in [-0.1, -0.05) is 0 Å². The van der Waals surface area contributed by atoms with E-state index in [0.717, 1.165) is 5.56 Å². The maximum Gasteiger partial charge on any atom is 0.267 e. The zero-order chi connectivity index (χ0) is 19.7. The van der Waals surface area contributed by atoms with E-state index in [2.05, 4.69) is 10.1 Å². The van der Waals surface area contributed by atoms with Crippen LogP contribution in [0, 0.1) is 11.3 Å². The molecule has 4 rings (SSSR count). The minimum Gasteiger partial charge on any atom is -0.268 e. The Morgan fingerprint density at radius 1 is 1.00 bits per heavy atom. The topological polar surface area (TPSA) is 109 Å². The highest BCUT2D eigenvalue weighted by Crippen LogP contribution is 2.27. The van der Waals surface area contributed by atoms with E-state index in [-0.39, 0.29) is 29.6 Å². The van der Waals surface area contributed by atoms with Gasteiger partial charge in [0, 0.05) is 37.1 Å². The Kier molecular flexibility index (Phi) is 4.50. The van der Waals surface area contributed by atoms with Crippen LogP contribution in [0.2, 0.25) is 0 Å². The molecular weight excluding hydrogens is 378 g/mol. The molecule has 1 aliphatic rings. The van der Waals surface area contributed by atoms with Crippen molar-refractivity contribution in [3.05, 3.63) is 76.8 Å². The molecule has 1 saturated heterocycles. The van der Waals surface area contributed by atoms with Gasteiger partial charge in [-0.2, -0.15) is 14.7 Å². The summed E-state index contributed by atoms with van der Waals surface area (Å²) < 4.78 is 28.0. The highest BCUT2D eigenvalue weighted by molar-refractivity contribution is 7.89. The SMILES string of the molecule is N#Cc1ccc(S(=O)(=O)N2CC(n3nc(-c4ccncc4)ccc3=O)C2)cc1. The predicted molar refractivity (Wildman–Crippen MR) is 101 cm³/mol. The molecule has 28 heavy (non-hydrogen) atoms. The fourth-order valence-corrected chi connectivity index (χ4v) is 4.50. The van der Waals surface area contributed by atoms with Gasteiger partial charge in [0.25, 0.3) is 5.56 Å². The predicted octanol–water partition coefficient (Wildman–Crippen LogP) is 1.42. The van der Waals surface area contributed by atoms with Crippen molar-refractivity contribution in [2.75, 3.05) is 13.1 Å². The van der Waals surface area contributed by atoms with Crippen LogP contribution >= 0.6 is 0 Å². The lowest BCUT2D eigenvalue weighted by Crippen LogP contribution is -2.53. The maximum absolute atomic E-state index is 12.7. The summed E-state index contributed by atoms with van der Waals surface area (Å²) in [5.41, 5.74) is 1.56. The second kappa shape index (κ2) is 6.99. The molecule has 1 fully saturated rings. The van der Waals surface area contributed by atoms with E-state index in [0.29, 0.717) is 11.3 Å². The Bertz CT molecular complexity index is 1210. The zero-order valence-electron chi connectivity index (χ0n) is 14.6. The summed E-state index contributed by atoms with van der Waals surface area (Å²) in [5, 5.41) is 13.2. The molecule has 0 spiro atoms. The van der Waals surface area contributed by atoms with Gasteiger partial charge in [0.15, 0.2) is 0 Å². The molecule has 0 aliphatic carbocycles. The minimum absolute atomic E-state index is 0.121. The van der Waals surface area contributed by atoms with Gasteiger partial charge < -0.3 is 0 Å². The Hall–Kier alpha value is -3.35. The molecular formula is C19H15N5O3S. The number of nitrogens with zero attached hydrogens (tertiary/aromatic N) is 5. The minimum atomic E-state index is -3.67. The van der Waals surface area contributed by atoms with E-state index in [1.807, 2.05) is 6.07 Å². The molecule has 9 heteroatoms. The van der Waals surface area contributed by atoms with Gasteiger partial charge in [0.1, 0.15) is 0 Å². The molecule has 0 amide bonds. The van der Waals surface area contributed by atoms with E-state index in [1.54, 1.807) is 30.6 Å². The van der Waals surface area contributed by atoms with Crippen LogP contribution in [0.15, 0.2) is 70.6 Å². The first-order chi connectivity index (χ1) is 13.5. The first kappa shape index (κ1) is 18.0. The molecule has 0 radical (unpaired) electrons. The average Bonchev–Trinajstić information content (AvgIpc) is 2.69. The third kappa shape index (κ3) is 3.19. The molecule has 0 unspecified atom stereocenters. The molecule has 1 aromatic carbocycles. The van der Waals surface area contributed by atoms with Crippen molar-refractivity contribution >= 4 is 10.0 Å². The van der Waals surface area contributed by atoms with Gasteiger partial charge in [-0.3, -0.25) is 9.78 Å². The largest absolute Gasteiger partial charge is 0.268 e. The standard InChI is InChI=1S/C19H15N5O3S/c20-11-14-1-3-17(4-2-14)28(26,27)23-12-16(13-23)24-19(25)6-5-18(22-24)15-7-9-21-10-8-15/h1-10,16H,12-13H2. The second-order valence-corrected chi connectivity index (χ2v) is 8.29. The van der Waals surface area contributed by atoms with Crippen LogP contribution in [0.3, 0.4) is 0 Å². The highest BCUT2D eigenvalue weighted by atomic mass is 32.2. The summed E-state index contributed by atoms with van der Waals surface area (Å²) in [7, 11) is -3.67. The Morgan fingerprint density at radius 3 is 2.32 bits per heavy atom. The lowest BCUT2D eigenvalue weighted by atomic mass is 10.1. The number of hydrogen-bond acceptors (Lipinski definition) is 6. The van der Waals surface area contributed by atoms with Crippen LogP contribution in [0.4, 0.5) is 0 Å². The third-order valence-corrected chi connectivity index (χ3v) is 6.44. The summed E-state index contributed by atoms with van der Waals surface area (Å²) in [5.74, 6) is 0. The van der Waals surface area contributed by atoms with Crippen LogP contribution in [0.25, 0.3) is 11.3 Å². The number of hydrogen-bond donors (Lipinski definition) is 0. The molecule has 3 aromatic rings. The summed E-state index contributed by atoms with van der Waals surface area (Å²) in [6, 6.07) is 14.0. The molecule has 0 N–H and O–H groups in total. The molecule has 0 atom stereocenters. The van der Waals surface area contributed by atoms with Crippen molar-refractivity contribution in [2.24, 2.45) is 0 Å². The van der Waals surface area contributed by atoms with E-state index in [1.165, 1.54) is 39.3 Å². The highest BCUT2D eigenvalue weighted by Gasteiger charge is 2.38. The average molecular weight is 393 g/mol. The molecule has 8 nitrogen and oxygen atoms in total. The number of rotatable bonds is 4. The second-order valence-electron chi connectivity index (χ2n) is 6.35.